The molecule has 2 aromatic rings. The van der Waals surface area contributed by atoms with Gasteiger partial charge >= 0.3 is 5.97 Å². The van der Waals surface area contributed by atoms with Crippen LogP contribution >= 0.6 is 10.7 Å². The first kappa shape index (κ1) is 12.9. The van der Waals surface area contributed by atoms with Crippen LogP contribution in [0, 0.1) is 0 Å². The predicted molar refractivity (Wildman–Crippen MR) is 69.1 cm³/mol. The number of fused-ring (bicyclic) bond motifs is 1. The Labute approximate surface area is 108 Å². The molecule has 0 amide bonds. The average Bonchev–Trinajstić information content (AvgIpc) is 2.27. The van der Waals surface area contributed by atoms with Gasteiger partial charge in [-0.1, -0.05) is 42.5 Å². The third kappa shape index (κ3) is 2.32. The highest BCUT2D eigenvalue weighted by Gasteiger charge is 2.33. The third-order valence-electron chi connectivity index (χ3n) is 2.61. The lowest BCUT2D eigenvalue weighted by molar-refractivity contribution is -0.136. The minimum Gasteiger partial charge on any atom is -0.480 e. The quantitative estimate of drug-likeness (QED) is 0.879. The van der Waals surface area contributed by atoms with Crippen LogP contribution in [0.2, 0.25) is 0 Å². The summed E-state index contributed by atoms with van der Waals surface area (Å²) in [5.41, 5.74) is 0.176. The van der Waals surface area contributed by atoms with Gasteiger partial charge in [0.2, 0.25) is 0 Å². The highest BCUT2D eigenvalue weighted by atomic mass is 35.7. The van der Waals surface area contributed by atoms with E-state index in [0.29, 0.717) is 5.39 Å². The second kappa shape index (κ2) is 4.59. The van der Waals surface area contributed by atoms with Crippen molar-refractivity contribution in [2.45, 2.75) is 5.25 Å². The molecule has 0 saturated carbocycles. The summed E-state index contributed by atoms with van der Waals surface area (Å²) < 4.78 is 22.8. The Morgan fingerprint density at radius 3 is 2.33 bits per heavy atom. The number of carbonyl (C=O) groups is 1. The maximum absolute atomic E-state index is 11.4. The van der Waals surface area contributed by atoms with Crippen LogP contribution < -0.4 is 0 Å². The Kier molecular flexibility index (Phi) is 3.28. The van der Waals surface area contributed by atoms with Crippen molar-refractivity contribution in [3.05, 3.63) is 48.0 Å². The van der Waals surface area contributed by atoms with Gasteiger partial charge < -0.3 is 5.11 Å². The first-order valence-electron chi connectivity index (χ1n) is 5.05. The maximum Gasteiger partial charge on any atom is 0.327 e. The number of hydrogen-bond donors (Lipinski definition) is 1. The fourth-order valence-corrected chi connectivity index (χ4v) is 3.15. The van der Waals surface area contributed by atoms with E-state index in [-0.39, 0.29) is 5.56 Å². The van der Waals surface area contributed by atoms with Crippen molar-refractivity contribution < 1.29 is 18.3 Å². The van der Waals surface area contributed by atoms with Crippen LogP contribution in [0.15, 0.2) is 42.5 Å². The van der Waals surface area contributed by atoms with Crippen LogP contribution in [-0.2, 0) is 13.8 Å². The minimum atomic E-state index is -4.24. The zero-order chi connectivity index (χ0) is 13.3. The normalized spacial score (nSPS) is 13.4. The monoisotopic (exact) mass is 284 g/mol. The van der Waals surface area contributed by atoms with E-state index in [1.807, 2.05) is 0 Å². The maximum atomic E-state index is 11.4. The first-order chi connectivity index (χ1) is 8.41. The molecule has 18 heavy (non-hydrogen) atoms. The molecule has 0 aliphatic rings. The molecule has 0 aromatic heterocycles. The Morgan fingerprint density at radius 2 is 1.72 bits per heavy atom. The fourth-order valence-electron chi connectivity index (χ4n) is 1.88. The molecule has 6 heteroatoms. The topological polar surface area (TPSA) is 71.4 Å². The van der Waals surface area contributed by atoms with Crippen LogP contribution in [0.1, 0.15) is 10.8 Å². The Hall–Kier alpha value is -1.59. The van der Waals surface area contributed by atoms with E-state index >= 15 is 0 Å². The Bertz CT molecular complexity index is 704. The summed E-state index contributed by atoms with van der Waals surface area (Å²) in [6.45, 7) is 0. The molecule has 1 unspecified atom stereocenters. The molecule has 0 aliphatic carbocycles. The smallest absolute Gasteiger partial charge is 0.327 e. The molecule has 4 nitrogen and oxygen atoms in total. The highest BCUT2D eigenvalue weighted by molar-refractivity contribution is 8.14. The van der Waals surface area contributed by atoms with Gasteiger partial charge in [-0.25, -0.2) is 8.42 Å². The summed E-state index contributed by atoms with van der Waals surface area (Å²) >= 11 is 0. The molecule has 1 N–H and O–H groups in total. The van der Waals surface area contributed by atoms with Crippen molar-refractivity contribution in [1.82, 2.24) is 0 Å². The van der Waals surface area contributed by atoms with Gasteiger partial charge in [-0.05, 0) is 16.3 Å². The minimum absolute atomic E-state index is 0.176. The zero-order valence-electron chi connectivity index (χ0n) is 9.08. The molecule has 2 rings (SSSR count). The second-order valence-electron chi connectivity index (χ2n) is 3.76. The van der Waals surface area contributed by atoms with Crippen molar-refractivity contribution >= 4 is 36.5 Å². The van der Waals surface area contributed by atoms with E-state index in [1.54, 1.807) is 36.4 Å². The number of aliphatic carboxylic acids is 1. The number of carboxylic acid groups (broad SMARTS) is 1. The molecule has 0 spiro atoms. The Morgan fingerprint density at radius 1 is 1.11 bits per heavy atom. The molecular formula is C12H9ClO4S. The molecule has 0 radical (unpaired) electrons. The van der Waals surface area contributed by atoms with Gasteiger partial charge in [0.25, 0.3) is 9.05 Å². The molecule has 94 valence electrons. The standard InChI is InChI=1S/C12H9ClO4S/c13-18(16,17)11(12(14)15)10-7-3-5-8-4-1-2-6-9(8)10/h1-7,11H,(H,14,15). The van der Waals surface area contributed by atoms with E-state index in [9.17, 15) is 13.2 Å². The van der Waals surface area contributed by atoms with Crippen molar-refractivity contribution in [1.29, 1.82) is 0 Å². The van der Waals surface area contributed by atoms with E-state index < -0.39 is 20.3 Å². The van der Waals surface area contributed by atoms with Gasteiger partial charge in [0.05, 0.1) is 0 Å². The molecule has 0 saturated heterocycles. The molecule has 0 heterocycles. The molecule has 1 atom stereocenters. The van der Waals surface area contributed by atoms with Crippen molar-refractivity contribution in [2.75, 3.05) is 0 Å². The summed E-state index contributed by atoms with van der Waals surface area (Å²) in [6.07, 6.45) is 0. The number of hydrogen-bond acceptors (Lipinski definition) is 3. The van der Waals surface area contributed by atoms with Gasteiger partial charge in [-0.15, -0.1) is 0 Å². The Balaban J connectivity index is 2.77. The van der Waals surface area contributed by atoms with Gasteiger partial charge in [0.15, 0.2) is 5.25 Å². The van der Waals surface area contributed by atoms with Gasteiger partial charge in [-0.2, -0.15) is 0 Å². The molecule has 0 bridgehead atoms. The molecule has 2 aromatic carbocycles. The van der Waals surface area contributed by atoms with Crippen LogP contribution in [0.3, 0.4) is 0 Å². The summed E-state index contributed by atoms with van der Waals surface area (Å²) in [5, 5.41) is 8.63. The van der Waals surface area contributed by atoms with Crippen LogP contribution in [-0.4, -0.2) is 19.5 Å². The fraction of sp³-hybridized carbons (Fsp3) is 0.0833. The number of benzene rings is 2. The summed E-state index contributed by atoms with van der Waals surface area (Å²) in [6, 6.07) is 11.8. The van der Waals surface area contributed by atoms with E-state index in [0.717, 1.165) is 5.39 Å². The van der Waals surface area contributed by atoms with Crippen LogP contribution in [0.5, 0.6) is 0 Å². The lowest BCUT2D eigenvalue weighted by atomic mass is 10.0. The largest absolute Gasteiger partial charge is 0.480 e. The summed E-state index contributed by atoms with van der Waals surface area (Å²) in [4.78, 5) is 11.1. The lowest BCUT2D eigenvalue weighted by Gasteiger charge is -2.12. The SMILES string of the molecule is O=C(O)C(c1cccc2ccccc12)S(=O)(=O)Cl. The first-order valence-corrected chi connectivity index (χ1v) is 7.42. The van der Waals surface area contributed by atoms with E-state index in [4.69, 9.17) is 15.8 Å². The second-order valence-corrected chi connectivity index (χ2v) is 6.48. The summed E-state index contributed by atoms with van der Waals surface area (Å²) in [5.74, 6) is -1.48. The lowest BCUT2D eigenvalue weighted by Crippen LogP contribution is -2.18. The number of halogens is 1. The third-order valence-corrected chi connectivity index (χ3v) is 4.16. The van der Waals surface area contributed by atoms with Crippen molar-refractivity contribution in [3.8, 4) is 0 Å². The number of carboxylic acids is 1. The average molecular weight is 285 g/mol. The zero-order valence-corrected chi connectivity index (χ0v) is 10.6. The number of rotatable bonds is 3. The van der Waals surface area contributed by atoms with E-state index in [2.05, 4.69) is 0 Å². The van der Waals surface area contributed by atoms with E-state index in [1.165, 1.54) is 6.07 Å². The van der Waals surface area contributed by atoms with Gasteiger partial charge in [0, 0.05) is 10.7 Å². The van der Waals surface area contributed by atoms with Crippen molar-refractivity contribution in [3.63, 3.8) is 0 Å². The van der Waals surface area contributed by atoms with Crippen LogP contribution in [0.25, 0.3) is 10.8 Å². The van der Waals surface area contributed by atoms with Gasteiger partial charge in [0.1, 0.15) is 0 Å². The molecular weight excluding hydrogens is 276 g/mol. The highest BCUT2D eigenvalue weighted by Crippen LogP contribution is 2.31. The van der Waals surface area contributed by atoms with Crippen LogP contribution in [0.4, 0.5) is 0 Å². The van der Waals surface area contributed by atoms with Crippen molar-refractivity contribution in [2.24, 2.45) is 0 Å². The molecule has 0 fully saturated rings. The predicted octanol–water partition coefficient (Wildman–Crippen LogP) is 2.53. The summed E-state index contributed by atoms with van der Waals surface area (Å²) in [7, 11) is 0.984. The van der Waals surface area contributed by atoms with Gasteiger partial charge in [-0.3, -0.25) is 4.79 Å². The molecule has 0 aliphatic heterocycles.